The molecule has 0 bridgehead atoms. The quantitative estimate of drug-likeness (QED) is 0.856. The van der Waals surface area contributed by atoms with Crippen LogP contribution in [0.1, 0.15) is 24.5 Å². The first-order valence-corrected chi connectivity index (χ1v) is 7.49. The van der Waals surface area contributed by atoms with E-state index in [-0.39, 0.29) is 18.6 Å². The second-order valence-corrected chi connectivity index (χ2v) is 5.37. The molecule has 0 aliphatic carbocycles. The summed E-state index contributed by atoms with van der Waals surface area (Å²) >= 11 is 0. The fraction of sp³-hybridized carbons (Fsp3) is 0.562. The molecule has 5 nitrogen and oxygen atoms in total. The van der Waals surface area contributed by atoms with Crippen LogP contribution in [0, 0.1) is 6.92 Å². The molecule has 116 valence electrons. The number of nitrogens with zero attached hydrogens (tertiary/aromatic N) is 1. The van der Waals surface area contributed by atoms with Gasteiger partial charge in [-0.1, -0.05) is 24.6 Å². The van der Waals surface area contributed by atoms with E-state index >= 15 is 0 Å². The lowest BCUT2D eigenvalue weighted by atomic mass is 10.1. The zero-order valence-electron chi connectivity index (χ0n) is 12.8. The zero-order chi connectivity index (χ0) is 15.2. The molecule has 0 radical (unpaired) electrons. The van der Waals surface area contributed by atoms with Crippen LogP contribution >= 0.6 is 0 Å². The summed E-state index contributed by atoms with van der Waals surface area (Å²) in [6.07, 6.45) is 0.908. The number of aryl methyl sites for hydroxylation is 1. The summed E-state index contributed by atoms with van der Waals surface area (Å²) in [5.41, 5.74) is 2.87. The molecule has 1 aliphatic rings. The number of morpholine rings is 1. The normalized spacial score (nSPS) is 18.6. The molecule has 0 aromatic heterocycles. The van der Waals surface area contributed by atoms with Crippen LogP contribution in [0.3, 0.4) is 0 Å². The van der Waals surface area contributed by atoms with Crippen LogP contribution in [0.25, 0.3) is 0 Å². The Morgan fingerprint density at radius 1 is 1.52 bits per heavy atom. The van der Waals surface area contributed by atoms with Gasteiger partial charge in [-0.05, 0) is 19.4 Å². The Morgan fingerprint density at radius 3 is 3.05 bits per heavy atom. The van der Waals surface area contributed by atoms with Crippen LogP contribution in [0.4, 0.5) is 5.69 Å². The third-order valence-corrected chi connectivity index (χ3v) is 3.70. The Labute approximate surface area is 125 Å². The topological polar surface area (TPSA) is 61.8 Å². The first kappa shape index (κ1) is 15.8. The van der Waals surface area contributed by atoms with Gasteiger partial charge in [0.1, 0.15) is 6.04 Å². The van der Waals surface area contributed by atoms with Crippen molar-refractivity contribution in [1.29, 1.82) is 0 Å². The molecule has 1 unspecified atom stereocenters. The summed E-state index contributed by atoms with van der Waals surface area (Å²) in [5.74, 6) is -0.0129. The van der Waals surface area contributed by atoms with Crippen molar-refractivity contribution in [3.05, 3.63) is 29.3 Å². The average molecular weight is 292 g/mol. The number of ether oxygens (including phenoxy) is 1. The second kappa shape index (κ2) is 7.43. The van der Waals surface area contributed by atoms with Crippen molar-refractivity contribution in [1.82, 2.24) is 5.32 Å². The fourth-order valence-electron chi connectivity index (χ4n) is 2.60. The van der Waals surface area contributed by atoms with Gasteiger partial charge in [0.2, 0.25) is 5.91 Å². The zero-order valence-corrected chi connectivity index (χ0v) is 12.8. The number of nitrogens with one attached hydrogen (secondary N) is 1. The standard InChI is InChI=1S/C16H24N2O3/c1-3-6-17-16(20)15-11-21-8-7-18(15)14-5-4-12(2)9-13(14)10-19/h4-5,9,15,19H,3,6-8,10-11H2,1-2H3,(H,17,20). The number of carbonyl (C=O) groups is 1. The molecule has 21 heavy (non-hydrogen) atoms. The van der Waals surface area contributed by atoms with Gasteiger partial charge in [-0.3, -0.25) is 4.79 Å². The van der Waals surface area contributed by atoms with E-state index in [0.717, 1.165) is 23.2 Å². The van der Waals surface area contributed by atoms with Gasteiger partial charge in [0.15, 0.2) is 0 Å². The monoisotopic (exact) mass is 292 g/mol. The fourth-order valence-corrected chi connectivity index (χ4v) is 2.60. The van der Waals surface area contributed by atoms with Crippen molar-refractivity contribution in [2.75, 3.05) is 31.2 Å². The Morgan fingerprint density at radius 2 is 2.33 bits per heavy atom. The van der Waals surface area contributed by atoms with Crippen molar-refractivity contribution >= 4 is 11.6 Å². The molecule has 1 amide bonds. The van der Waals surface area contributed by atoms with E-state index in [0.29, 0.717) is 26.3 Å². The molecule has 1 atom stereocenters. The van der Waals surface area contributed by atoms with Crippen LogP contribution in [0.5, 0.6) is 0 Å². The number of rotatable bonds is 5. The first-order valence-electron chi connectivity index (χ1n) is 7.49. The Hall–Kier alpha value is -1.59. The number of benzene rings is 1. The summed E-state index contributed by atoms with van der Waals surface area (Å²) in [6, 6.07) is 5.61. The minimum absolute atomic E-state index is 0.0129. The average Bonchev–Trinajstić information content (AvgIpc) is 2.52. The molecule has 5 heteroatoms. The molecular weight excluding hydrogens is 268 g/mol. The highest BCUT2D eigenvalue weighted by Gasteiger charge is 2.30. The van der Waals surface area contributed by atoms with E-state index in [1.807, 2.05) is 36.9 Å². The molecular formula is C16H24N2O3. The number of hydrogen-bond acceptors (Lipinski definition) is 4. The maximum absolute atomic E-state index is 12.3. The lowest BCUT2D eigenvalue weighted by molar-refractivity contribution is -0.124. The van der Waals surface area contributed by atoms with E-state index in [1.54, 1.807) is 0 Å². The van der Waals surface area contributed by atoms with Crippen molar-refractivity contribution in [2.24, 2.45) is 0 Å². The molecule has 1 heterocycles. The van der Waals surface area contributed by atoms with Gasteiger partial charge in [0.05, 0.1) is 19.8 Å². The number of hydrogen-bond donors (Lipinski definition) is 2. The molecule has 2 rings (SSSR count). The third kappa shape index (κ3) is 3.74. The second-order valence-electron chi connectivity index (χ2n) is 5.37. The van der Waals surface area contributed by atoms with Crippen LogP contribution in [-0.4, -0.2) is 43.4 Å². The van der Waals surface area contributed by atoms with E-state index < -0.39 is 0 Å². The van der Waals surface area contributed by atoms with Gasteiger partial charge in [0, 0.05) is 24.3 Å². The van der Waals surface area contributed by atoms with Gasteiger partial charge in [0.25, 0.3) is 0 Å². The van der Waals surface area contributed by atoms with Gasteiger partial charge in [-0.2, -0.15) is 0 Å². The van der Waals surface area contributed by atoms with Crippen LogP contribution in [-0.2, 0) is 16.1 Å². The minimum atomic E-state index is -0.335. The summed E-state index contributed by atoms with van der Waals surface area (Å²) in [6.45, 7) is 6.29. The molecule has 0 spiro atoms. The molecule has 1 aromatic carbocycles. The number of anilines is 1. The largest absolute Gasteiger partial charge is 0.392 e. The van der Waals surface area contributed by atoms with Crippen LogP contribution < -0.4 is 10.2 Å². The molecule has 1 fully saturated rings. The summed E-state index contributed by atoms with van der Waals surface area (Å²) in [7, 11) is 0. The predicted octanol–water partition coefficient (Wildman–Crippen LogP) is 1.22. The SMILES string of the molecule is CCCNC(=O)C1COCCN1c1ccc(C)cc1CO. The molecule has 1 aromatic rings. The lowest BCUT2D eigenvalue weighted by Gasteiger charge is -2.37. The van der Waals surface area contributed by atoms with Crippen LogP contribution in [0.2, 0.25) is 0 Å². The van der Waals surface area contributed by atoms with Gasteiger partial charge < -0.3 is 20.1 Å². The Kier molecular flexibility index (Phi) is 5.59. The molecule has 1 aliphatic heterocycles. The first-order chi connectivity index (χ1) is 10.2. The van der Waals surface area contributed by atoms with Gasteiger partial charge in [-0.25, -0.2) is 0 Å². The smallest absolute Gasteiger partial charge is 0.245 e. The Bertz CT molecular complexity index is 490. The van der Waals surface area contributed by atoms with Crippen molar-refractivity contribution in [2.45, 2.75) is 32.9 Å². The summed E-state index contributed by atoms with van der Waals surface area (Å²) in [5, 5.41) is 12.5. The van der Waals surface area contributed by atoms with E-state index in [1.165, 1.54) is 0 Å². The highest BCUT2D eigenvalue weighted by Crippen LogP contribution is 2.25. The van der Waals surface area contributed by atoms with Crippen LogP contribution in [0.15, 0.2) is 18.2 Å². The predicted molar refractivity (Wildman–Crippen MR) is 82.4 cm³/mol. The van der Waals surface area contributed by atoms with Crippen molar-refractivity contribution in [3.63, 3.8) is 0 Å². The van der Waals surface area contributed by atoms with Gasteiger partial charge in [-0.15, -0.1) is 0 Å². The van der Waals surface area contributed by atoms with Crippen molar-refractivity contribution in [3.8, 4) is 0 Å². The van der Waals surface area contributed by atoms with Crippen molar-refractivity contribution < 1.29 is 14.6 Å². The van der Waals surface area contributed by atoms with E-state index in [2.05, 4.69) is 5.32 Å². The number of carbonyl (C=O) groups excluding carboxylic acids is 1. The molecule has 2 N–H and O–H groups in total. The maximum Gasteiger partial charge on any atom is 0.245 e. The van der Waals surface area contributed by atoms with Gasteiger partial charge >= 0.3 is 0 Å². The van der Waals surface area contributed by atoms with E-state index in [9.17, 15) is 9.90 Å². The third-order valence-electron chi connectivity index (χ3n) is 3.70. The summed E-state index contributed by atoms with van der Waals surface area (Å²) < 4.78 is 5.47. The molecule has 0 saturated carbocycles. The molecule has 1 saturated heterocycles. The Balaban J connectivity index is 2.24. The number of aliphatic hydroxyl groups is 1. The maximum atomic E-state index is 12.3. The highest BCUT2D eigenvalue weighted by atomic mass is 16.5. The van der Waals surface area contributed by atoms with E-state index in [4.69, 9.17) is 4.74 Å². The number of amides is 1. The highest BCUT2D eigenvalue weighted by molar-refractivity contribution is 5.86. The lowest BCUT2D eigenvalue weighted by Crippen LogP contribution is -2.54. The number of aliphatic hydroxyl groups excluding tert-OH is 1. The summed E-state index contributed by atoms with van der Waals surface area (Å²) in [4.78, 5) is 14.4. The minimum Gasteiger partial charge on any atom is -0.392 e.